The highest BCUT2D eigenvalue weighted by Crippen LogP contribution is 2.63. The molecular weight excluding hydrogens is 450 g/mol. The highest BCUT2D eigenvalue weighted by Gasteiger charge is 2.59. The predicted molar refractivity (Wildman–Crippen MR) is 132 cm³/mol. The fourth-order valence-corrected chi connectivity index (χ4v) is 8.10. The van der Waals surface area contributed by atoms with E-state index in [2.05, 4.69) is 12.2 Å². The molecule has 0 spiro atoms. The molecule has 5 rings (SSSR count). The number of piperidine rings is 1. The molecule has 0 unspecified atom stereocenters. The van der Waals surface area contributed by atoms with Gasteiger partial charge in [0.25, 0.3) is 0 Å². The van der Waals surface area contributed by atoms with Gasteiger partial charge in [-0.1, -0.05) is 20.3 Å². The first kappa shape index (κ1) is 24.2. The summed E-state index contributed by atoms with van der Waals surface area (Å²) in [5.74, 6) is 0.279. The van der Waals surface area contributed by atoms with Crippen LogP contribution in [-0.2, 0) is 16.0 Å². The SMILES string of the molecule is C[C@]1(CO)[C@H]2Cc3sc(NC(=O)C4CCC4)nc3[C@@H](CC(=O)N3CCCCC3)[C@]2(C)CC[C@H]1O. The summed E-state index contributed by atoms with van der Waals surface area (Å²) in [7, 11) is 0. The van der Waals surface area contributed by atoms with E-state index < -0.39 is 11.5 Å². The number of hydrogen-bond acceptors (Lipinski definition) is 6. The Bertz CT molecular complexity index is 940. The number of aliphatic hydroxyl groups excluding tert-OH is 2. The third-order valence-electron chi connectivity index (χ3n) is 9.69. The van der Waals surface area contributed by atoms with Crippen LogP contribution in [0.1, 0.15) is 88.1 Å². The zero-order chi connectivity index (χ0) is 24.1. The highest BCUT2D eigenvalue weighted by atomic mass is 32.1. The molecule has 3 N–H and O–H groups in total. The van der Waals surface area contributed by atoms with Crippen LogP contribution in [0, 0.1) is 22.7 Å². The van der Waals surface area contributed by atoms with Gasteiger partial charge < -0.3 is 20.4 Å². The van der Waals surface area contributed by atoms with Crippen LogP contribution >= 0.6 is 11.3 Å². The second-order valence-corrected chi connectivity index (χ2v) is 12.7. The molecule has 34 heavy (non-hydrogen) atoms. The van der Waals surface area contributed by atoms with Gasteiger partial charge in [0.1, 0.15) is 0 Å². The molecule has 7 nitrogen and oxygen atoms in total. The second-order valence-electron chi connectivity index (χ2n) is 11.6. The topological polar surface area (TPSA) is 103 Å². The van der Waals surface area contributed by atoms with E-state index in [4.69, 9.17) is 4.98 Å². The van der Waals surface area contributed by atoms with Crippen molar-refractivity contribution in [3.05, 3.63) is 10.6 Å². The van der Waals surface area contributed by atoms with Gasteiger partial charge in [-0.05, 0) is 62.7 Å². The standard InChI is InChI=1S/C26H39N3O4S/c1-25-10-9-20(31)26(2,15-30)19(25)14-18-22(17(25)13-21(32)29-11-4-3-5-12-29)27-24(34-18)28-23(33)16-7-6-8-16/h16-17,19-20,30-31H,3-15H2,1-2H3,(H,27,28,33)/t17-,19+,20-,25+,26+/m1/s1. The van der Waals surface area contributed by atoms with Gasteiger partial charge in [0.05, 0.1) is 18.4 Å². The molecule has 2 saturated carbocycles. The number of aromatic nitrogens is 1. The zero-order valence-corrected chi connectivity index (χ0v) is 21.3. The molecule has 4 aliphatic rings. The monoisotopic (exact) mass is 489 g/mol. The number of nitrogens with one attached hydrogen (secondary N) is 1. The van der Waals surface area contributed by atoms with Crippen LogP contribution in [-0.4, -0.2) is 57.7 Å². The Hall–Kier alpha value is -1.51. The maximum Gasteiger partial charge on any atom is 0.229 e. The minimum absolute atomic E-state index is 0.0380. The molecule has 1 aromatic rings. The number of rotatable bonds is 5. The summed E-state index contributed by atoms with van der Waals surface area (Å²) in [6.07, 6.45) is 8.25. The molecule has 8 heteroatoms. The molecule has 1 saturated heterocycles. The lowest BCUT2D eigenvalue weighted by Gasteiger charge is -2.58. The lowest BCUT2D eigenvalue weighted by atomic mass is 9.47. The maximum atomic E-state index is 13.4. The third-order valence-corrected chi connectivity index (χ3v) is 10.7. The number of fused-ring (bicyclic) bond motifs is 2. The quantitative estimate of drug-likeness (QED) is 0.585. The molecule has 0 bridgehead atoms. The van der Waals surface area contributed by atoms with Crippen LogP contribution in [0.25, 0.3) is 0 Å². The number of nitrogens with zero attached hydrogens (tertiary/aromatic N) is 2. The molecule has 3 aliphatic carbocycles. The van der Waals surface area contributed by atoms with Crippen molar-refractivity contribution in [2.45, 2.75) is 90.1 Å². The number of carbonyl (C=O) groups excluding carboxylic acids is 2. The van der Waals surface area contributed by atoms with Crippen molar-refractivity contribution in [1.29, 1.82) is 0 Å². The average Bonchev–Trinajstić information content (AvgIpc) is 3.19. The molecule has 5 atom stereocenters. The number of amides is 2. The van der Waals surface area contributed by atoms with Gasteiger partial charge in [0.2, 0.25) is 11.8 Å². The molecule has 0 radical (unpaired) electrons. The van der Waals surface area contributed by atoms with Gasteiger partial charge in [0, 0.05) is 41.6 Å². The van der Waals surface area contributed by atoms with E-state index >= 15 is 0 Å². The lowest BCUT2D eigenvalue weighted by molar-refractivity contribution is -0.147. The number of hydrogen-bond donors (Lipinski definition) is 3. The third kappa shape index (κ3) is 3.99. The number of thiazole rings is 1. The van der Waals surface area contributed by atoms with Crippen molar-refractivity contribution >= 4 is 28.3 Å². The van der Waals surface area contributed by atoms with Crippen LogP contribution < -0.4 is 5.32 Å². The Morgan fingerprint density at radius 1 is 1.15 bits per heavy atom. The first-order chi connectivity index (χ1) is 16.3. The lowest BCUT2D eigenvalue weighted by Crippen LogP contribution is -2.57. The Balaban J connectivity index is 1.49. The van der Waals surface area contributed by atoms with Crippen LogP contribution in [0.3, 0.4) is 0 Å². The van der Waals surface area contributed by atoms with Gasteiger partial charge in [-0.15, -0.1) is 11.3 Å². The summed E-state index contributed by atoms with van der Waals surface area (Å²) in [6.45, 7) is 5.80. The van der Waals surface area contributed by atoms with E-state index in [9.17, 15) is 19.8 Å². The van der Waals surface area contributed by atoms with E-state index in [1.54, 1.807) is 0 Å². The molecule has 1 aromatic heterocycles. The highest BCUT2D eigenvalue weighted by molar-refractivity contribution is 7.15. The molecule has 3 fully saturated rings. The summed E-state index contributed by atoms with van der Waals surface area (Å²) < 4.78 is 0. The van der Waals surface area contributed by atoms with Gasteiger partial charge in [-0.2, -0.15) is 0 Å². The number of anilines is 1. The first-order valence-electron chi connectivity index (χ1n) is 13.1. The number of aliphatic hydroxyl groups is 2. The van der Waals surface area contributed by atoms with Crippen LogP contribution in [0.5, 0.6) is 0 Å². The molecule has 188 valence electrons. The van der Waals surface area contributed by atoms with E-state index in [-0.39, 0.29) is 41.6 Å². The summed E-state index contributed by atoms with van der Waals surface area (Å²) in [5, 5.41) is 25.0. The summed E-state index contributed by atoms with van der Waals surface area (Å²) >= 11 is 1.52. The summed E-state index contributed by atoms with van der Waals surface area (Å²) in [4.78, 5) is 34.1. The molecule has 1 aliphatic heterocycles. The maximum absolute atomic E-state index is 13.4. The van der Waals surface area contributed by atoms with Crippen molar-refractivity contribution in [2.24, 2.45) is 22.7 Å². The Labute approximate surface area is 206 Å². The Morgan fingerprint density at radius 2 is 1.88 bits per heavy atom. The first-order valence-corrected chi connectivity index (χ1v) is 13.9. The normalized spacial score (nSPS) is 35.8. The number of likely N-dealkylation sites (tertiary alicyclic amines) is 1. The van der Waals surface area contributed by atoms with Crippen molar-refractivity contribution in [2.75, 3.05) is 25.0 Å². The van der Waals surface area contributed by atoms with E-state index in [0.29, 0.717) is 24.4 Å². The van der Waals surface area contributed by atoms with Crippen molar-refractivity contribution < 1.29 is 19.8 Å². The Morgan fingerprint density at radius 3 is 2.53 bits per heavy atom. The molecule has 2 heterocycles. The fourth-order valence-electron chi connectivity index (χ4n) is 7.02. The van der Waals surface area contributed by atoms with Gasteiger partial charge in [0.15, 0.2) is 5.13 Å². The minimum atomic E-state index is -0.629. The number of carbonyl (C=O) groups is 2. The average molecular weight is 490 g/mol. The van der Waals surface area contributed by atoms with Gasteiger partial charge in [-0.25, -0.2) is 4.98 Å². The van der Waals surface area contributed by atoms with Gasteiger partial charge >= 0.3 is 0 Å². The summed E-state index contributed by atoms with van der Waals surface area (Å²) in [5.41, 5.74) is 0.0734. The molecular formula is C26H39N3O4S. The predicted octanol–water partition coefficient (Wildman–Crippen LogP) is 3.70. The van der Waals surface area contributed by atoms with Crippen molar-refractivity contribution in [3.8, 4) is 0 Å². The largest absolute Gasteiger partial charge is 0.396 e. The van der Waals surface area contributed by atoms with E-state index in [1.165, 1.54) is 17.8 Å². The van der Waals surface area contributed by atoms with Crippen LogP contribution in [0.2, 0.25) is 0 Å². The van der Waals surface area contributed by atoms with E-state index in [0.717, 1.165) is 62.2 Å². The van der Waals surface area contributed by atoms with Crippen molar-refractivity contribution in [1.82, 2.24) is 9.88 Å². The zero-order valence-electron chi connectivity index (χ0n) is 20.5. The second kappa shape index (κ2) is 9.17. The Kier molecular flexibility index (Phi) is 6.53. The van der Waals surface area contributed by atoms with Gasteiger partial charge in [-0.3, -0.25) is 9.59 Å². The molecule has 2 amide bonds. The summed E-state index contributed by atoms with van der Waals surface area (Å²) in [6, 6.07) is 0. The van der Waals surface area contributed by atoms with Crippen LogP contribution in [0.15, 0.2) is 0 Å². The molecule has 0 aromatic carbocycles. The smallest absolute Gasteiger partial charge is 0.229 e. The minimum Gasteiger partial charge on any atom is -0.396 e. The fraction of sp³-hybridized carbons (Fsp3) is 0.808. The van der Waals surface area contributed by atoms with Crippen molar-refractivity contribution in [3.63, 3.8) is 0 Å². The van der Waals surface area contributed by atoms with E-state index in [1.807, 2.05) is 11.8 Å². The van der Waals surface area contributed by atoms with Crippen LogP contribution in [0.4, 0.5) is 5.13 Å².